The van der Waals surface area contributed by atoms with Crippen molar-refractivity contribution in [1.29, 1.82) is 0 Å². The summed E-state index contributed by atoms with van der Waals surface area (Å²) in [6, 6.07) is 0.875. The van der Waals surface area contributed by atoms with E-state index in [0.717, 1.165) is 17.9 Å². The molecule has 2 rings (SSSR count). The molecule has 0 bridgehead atoms. The van der Waals surface area contributed by atoms with Gasteiger partial charge >= 0.3 is 0 Å². The molecule has 0 amide bonds. The van der Waals surface area contributed by atoms with Crippen molar-refractivity contribution in [2.24, 2.45) is 11.8 Å². The van der Waals surface area contributed by atoms with E-state index in [1.807, 2.05) is 0 Å². The average molecular weight is 235 g/mol. The molecule has 0 aliphatic heterocycles. The Morgan fingerprint density at radius 2 is 1.76 bits per heavy atom. The average Bonchev–Trinajstić information content (AvgIpc) is 3.11. The lowest BCUT2D eigenvalue weighted by atomic mass is 9.83. The fraction of sp³-hybridized carbons (Fsp3) is 0.875. The van der Waals surface area contributed by atoms with Crippen LogP contribution in [-0.4, -0.2) is 12.6 Å². The highest BCUT2D eigenvalue weighted by Crippen LogP contribution is 2.33. The van der Waals surface area contributed by atoms with Crippen LogP contribution in [0.5, 0.6) is 0 Å². The van der Waals surface area contributed by atoms with E-state index in [4.69, 9.17) is 0 Å². The van der Waals surface area contributed by atoms with Gasteiger partial charge in [0.15, 0.2) is 0 Å². The minimum absolute atomic E-state index is 0.875. The Balaban J connectivity index is 1.79. The van der Waals surface area contributed by atoms with Crippen molar-refractivity contribution in [3.63, 3.8) is 0 Å². The van der Waals surface area contributed by atoms with Gasteiger partial charge in [-0.3, -0.25) is 0 Å². The molecule has 0 aromatic heterocycles. The van der Waals surface area contributed by atoms with Gasteiger partial charge in [-0.1, -0.05) is 31.3 Å². The first-order valence-corrected chi connectivity index (χ1v) is 7.63. The van der Waals surface area contributed by atoms with Crippen LogP contribution in [0.4, 0.5) is 0 Å². The zero-order chi connectivity index (χ0) is 12.1. The summed E-state index contributed by atoms with van der Waals surface area (Å²) in [7, 11) is 0. The number of rotatable bonds is 6. The second-order valence-electron chi connectivity index (χ2n) is 6.34. The van der Waals surface area contributed by atoms with Gasteiger partial charge in [0.25, 0.3) is 0 Å². The highest BCUT2D eigenvalue weighted by molar-refractivity contribution is 4.90. The molecule has 0 heterocycles. The van der Waals surface area contributed by atoms with E-state index in [9.17, 15) is 0 Å². The summed E-state index contributed by atoms with van der Waals surface area (Å²) < 4.78 is 0. The first-order valence-electron chi connectivity index (χ1n) is 7.63. The molecule has 17 heavy (non-hydrogen) atoms. The molecular formula is C16H29N. The minimum atomic E-state index is 0.875. The molecule has 2 unspecified atom stereocenters. The van der Waals surface area contributed by atoms with E-state index in [1.165, 1.54) is 69.9 Å². The second-order valence-corrected chi connectivity index (χ2v) is 6.34. The molecule has 98 valence electrons. The molecule has 1 N–H and O–H groups in total. The monoisotopic (exact) mass is 235 g/mol. The van der Waals surface area contributed by atoms with Crippen LogP contribution in [0, 0.1) is 11.8 Å². The van der Waals surface area contributed by atoms with Gasteiger partial charge in [0, 0.05) is 6.04 Å². The van der Waals surface area contributed by atoms with Gasteiger partial charge in [-0.25, -0.2) is 0 Å². The van der Waals surface area contributed by atoms with E-state index >= 15 is 0 Å². The predicted octanol–water partition coefficient (Wildman–Crippen LogP) is 4.29. The van der Waals surface area contributed by atoms with Gasteiger partial charge < -0.3 is 5.32 Å². The van der Waals surface area contributed by atoms with E-state index in [1.54, 1.807) is 0 Å². The third-order valence-corrected chi connectivity index (χ3v) is 4.50. The fourth-order valence-electron chi connectivity index (χ4n) is 3.15. The standard InChI is InChI=1S/C16H29N/c1-13(2)8-9-14-6-4-3-5-7-15(14)12-17-16-10-11-16/h14-17H,1,3-12H2,2H3. The number of hydrogen-bond donors (Lipinski definition) is 1. The van der Waals surface area contributed by atoms with E-state index in [2.05, 4.69) is 18.8 Å². The van der Waals surface area contributed by atoms with Crippen LogP contribution < -0.4 is 5.32 Å². The highest BCUT2D eigenvalue weighted by atomic mass is 14.9. The Bertz CT molecular complexity index is 242. The lowest BCUT2D eigenvalue weighted by Crippen LogP contribution is -2.29. The SMILES string of the molecule is C=C(C)CCC1CCCCCC1CNC1CC1. The number of hydrogen-bond acceptors (Lipinski definition) is 1. The molecule has 0 aromatic rings. The maximum atomic E-state index is 4.06. The zero-order valence-electron chi connectivity index (χ0n) is 11.5. The molecule has 2 aliphatic rings. The number of allylic oxidation sites excluding steroid dienone is 1. The van der Waals surface area contributed by atoms with E-state index < -0.39 is 0 Å². The quantitative estimate of drug-likeness (QED) is 0.535. The first-order chi connectivity index (χ1) is 8.25. The summed E-state index contributed by atoms with van der Waals surface area (Å²) in [5, 5.41) is 3.75. The van der Waals surface area contributed by atoms with Crippen LogP contribution >= 0.6 is 0 Å². The van der Waals surface area contributed by atoms with E-state index in [-0.39, 0.29) is 0 Å². The number of nitrogens with one attached hydrogen (secondary N) is 1. The summed E-state index contributed by atoms with van der Waals surface area (Å²) in [6.45, 7) is 7.51. The largest absolute Gasteiger partial charge is 0.314 e. The van der Waals surface area contributed by atoms with E-state index in [0.29, 0.717) is 0 Å². The van der Waals surface area contributed by atoms with Gasteiger partial charge in [-0.15, -0.1) is 6.58 Å². The van der Waals surface area contributed by atoms with Crippen LogP contribution in [-0.2, 0) is 0 Å². The van der Waals surface area contributed by atoms with Crippen LogP contribution in [0.15, 0.2) is 12.2 Å². The molecule has 0 aromatic carbocycles. The molecule has 2 atom stereocenters. The third-order valence-electron chi connectivity index (χ3n) is 4.50. The summed E-state index contributed by atoms with van der Waals surface area (Å²) >= 11 is 0. The topological polar surface area (TPSA) is 12.0 Å². The van der Waals surface area contributed by atoms with Crippen molar-refractivity contribution in [2.75, 3.05) is 6.54 Å². The molecule has 2 fully saturated rings. The van der Waals surface area contributed by atoms with Crippen LogP contribution in [0.3, 0.4) is 0 Å². The summed E-state index contributed by atoms with van der Waals surface area (Å²) in [6.07, 6.45) is 12.8. The zero-order valence-corrected chi connectivity index (χ0v) is 11.5. The maximum absolute atomic E-state index is 4.06. The van der Waals surface area contributed by atoms with Gasteiger partial charge in [0.1, 0.15) is 0 Å². The van der Waals surface area contributed by atoms with Gasteiger partial charge in [-0.05, 0) is 57.4 Å². The Hall–Kier alpha value is -0.300. The molecule has 2 saturated carbocycles. The van der Waals surface area contributed by atoms with Crippen LogP contribution in [0.2, 0.25) is 0 Å². The smallest absolute Gasteiger partial charge is 0.00683 e. The maximum Gasteiger partial charge on any atom is 0.00683 e. The fourth-order valence-corrected chi connectivity index (χ4v) is 3.15. The molecule has 0 radical (unpaired) electrons. The summed E-state index contributed by atoms with van der Waals surface area (Å²) in [5.74, 6) is 1.90. The van der Waals surface area contributed by atoms with Crippen molar-refractivity contribution in [3.05, 3.63) is 12.2 Å². The Kier molecular flexibility index (Phi) is 5.09. The molecular weight excluding hydrogens is 206 g/mol. The van der Waals surface area contributed by atoms with Crippen molar-refractivity contribution in [2.45, 2.75) is 70.8 Å². The van der Waals surface area contributed by atoms with Gasteiger partial charge in [-0.2, -0.15) is 0 Å². The van der Waals surface area contributed by atoms with Gasteiger partial charge in [0.05, 0.1) is 0 Å². The first kappa shape index (κ1) is 13.1. The highest BCUT2D eigenvalue weighted by Gasteiger charge is 2.26. The lowest BCUT2D eigenvalue weighted by Gasteiger charge is -2.25. The van der Waals surface area contributed by atoms with Crippen LogP contribution in [0.1, 0.15) is 64.7 Å². The summed E-state index contributed by atoms with van der Waals surface area (Å²) in [4.78, 5) is 0. The molecule has 1 heteroatoms. The van der Waals surface area contributed by atoms with Crippen LogP contribution in [0.25, 0.3) is 0 Å². The molecule has 0 saturated heterocycles. The Morgan fingerprint density at radius 3 is 2.41 bits per heavy atom. The Morgan fingerprint density at radius 1 is 1.06 bits per heavy atom. The Labute approximate surface area is 107 Å². The molecule has 2 aliphatic carbocycles. The lowest BCUT2D eigenvalue weighted by molar-refractivity contribution is 0.282. The third kappa shape index (κ3) is 4.83. The minimum Gasteiger partial charge on any atom is -0.314 e. The second kappa shape index (κ2) is 6.58. The predicted molar refractivity (Wildman–Crippen MR) is 75.1 cm³/mol. The summed E-state index contributed by atoms with van der Waals surface area (Å²) in [5.41, 5.74) is 1.36. The van der Waals surface area contributed by atoms with Crippen molar-refractivity contribution < 1.29 is 0 Å². The van der Waals surface area contributed by atoms with Crippen molar-refractivity contribution in [1.82, 2.24) is 5.32 Å². The van der Waals surface area contributed by atoms with Crippen molar-refractivity contribution in [3.8, 4) is 0 Å². The normalized spacial score (nSPS) is 29.9. The molecule has 0 spiro atoms. The van der Waals surface area contributed by atoms with Crippen molar-refractivity contribution >= 4 is 0 Å². The van der Waals surface area contributed by atoms with Gasteiger partial charge in [0.2, 0.25) is 0 Å². The molecule has 1 nitrogen and oxygen atoms in total.